The van der Waals surface area contributed by atoms with Crippen molar-refractivity contribution in [3.05, 3.63) is 16.4 Å². The highest BCUT2D eigenvalue weighted by Crippen LogP contribution is 2.70. The number of nitrogens with zero attached hydrogens (tertiary/aromatic N) is 2. The van der Waals surface area contributed by atoms with E-state index >= 15 is 0 Å². The van der Waals surface area contributed by atoms with Gasteiger partial charge in [-0.2, -0.15) is 5.10 Å². The standard InChI is InChI=1S/C17H26ClN3/c1-4-11-17(18)13(21(3)20-11)8-12(19-2)16-14-9-5-6-10(7-9)15(14)16/h9-10,12,14-16,19H,4-8H2,1-3H3. The molecule has 3 saturated carbocycles. The third-order valence-corrected chi connectivity index (χ3v) is 6.98. The predicted molar refractivity (Wildman–Crippen MR) is 85.4 cm³/mol. The molecule has 2 bridgehead atoms. The molecule has 1 aromatic rings. The molecular weight excluding hydrogens is 282 g/mol. The summed E-state index contributed by atoms with van der Waals surface area (Å²) in [7, 11) is 4.15. The van der Waals surface area contributed by atoms with Gasteiger partial charge in [-0.25, -0.2) is 0 Å². The first-order chi connectivity index (χ1) is 10.2. The molecular formula is C17H26ClN3. The highest BCUT2D eigenvalue weighted by atomic mass is 35.5. The average molecular weight is 308 g/mol. The lowest BCUT2D eigenvalue weighted by molar-refractivity contribution is 0.372. The van der Waals surface area contributed by atoms with E-state index in [1.165, 1.54) is 25.0 Å². The van der Waals surface area contributed by atoms with Crippen molar-refractivity contribution in [2.75, 3.05) is 7.05 Å². The zero-order valence-corrected chi connectivity index (χ0v) is 14.0. The number of hydrogen-bond acceptors (Lipinski definition) is 2. The summed E-state index contributed by atoms with van der Waals surface area (Å²) in [5, 5.41) is 9.06. The average Bonchev–Trinajstić information content (AvgIpc) is 2.79. The van der Waals surface area contributed by atoms with E-state index in [0.29, 0.717) is 6.04 Å². The minimum atomic E-state index is 0.570. The topological polar surface area (TPSA) is 29.9 Å². The molecule has 1 aromatic heterocycles. The molecule has 3 fully saturated rings. The lowest BCUT2D eigenvalue weighted by Crippen LogP contribution is -2.33. The van der Waals surface area contributed by atoms with Gasteiger partial charge in [0.2, 0.25) is 0 Å². The van der Waals surface area contributed by atoms with Crippen LogP contribution >= 0.6 is 11.6 Å². The first kappa shape index (κ1) is 14.1. The lowest BCUT2D eigenvalue weighted by Gasteiger charge is -2.20. The Hall–Kier alpha value is -0.540. The minimum Gasteiger partial charge on any atom is -0.316 e. The van der Waals surface area contributed by atoms with Crippen LogP contribution in [0.5, 0.6) is 0 Å². The van der Waals surface area contributed by atoms with Gasteiger partial charge in [0.15, 0.2) is 0 Å². The van der Waals surface area contributed by atoms with E-state index < -0.39 is 0 Å². The fourth-order valence-electron chi connectivity index (χ4n) is 5.61. The van der Waals surface area contributed by atoms with Crippen molar-refractivity contribution in [3.63, 3.8) is 0 Å². The highest BCUT2D eigenvalue weighted by Gasteiger charge is 2.66. The molecule has 3 nitrogen and oxygen atoms in total. The Kier molecular flexibility index (Phi) is 3.34. The first-order valence-corrected chi connectivity index (χ1v) is 8.91. The van der Waals surface area contributed by atoms with E-state index in [1.807, 2.05) is 11.7 Å². The summed E-state index contributed by atoms with van der Waals surface area (Å²) in [6.07, 6.45) is 6.44. The van der Waals surface area contributed by atoms with Crippen LogP contribution in [-0.4, -0.2) is 22.9 Å². The van der Waals surface area contributed by atoms with Crippen LogP contribution in [0.1, 0.15) is 37.6 Å². The van der Waals surface area contributed by atoms with E-state index in [4.69, 9.17) is 11.6 Å². The summed E-state index contributed by atoms with van der Waals surface area (Å²) in [5.74, 6) is 4.98. The zero-order valence-electron chi connectivity index (χ0n) is 13.3. The SMILES string of the molecule is CCc1nn(C)c(CC(NC)C2C3C4CCC(C4)C32)c1Cl. The number of aromatic nitrogens is 2. The van der Waals surface area contributed by atoms with Crippen molar-refractivity contribution in [1.29, 1.82) is 0 Å². The molecule has 3 aliphatic carbocycles. The monoisotopic (exact) mass is 307 g/mol. The molecule has 5 atom stereocenters. The molecule has 3 aliphatic rings. The Labute approximate surface area is 132 Å². The Bertz CT molecular complexity index is 536. The second kappa shape index (κ2) is 4.99. The third kappa shape index (κ3) is 2.00. The molecule has 0 amide bonds. The van der Waals surface area contributed by atoms with Crippen LogP contribution in [0.2, 0.25) is 5.02 Å². The van der Waals surface area contributed by atoms with E-state index in [0.717, 1.165) is 53.1 Å². The van der Waals surface area contributed by atoms with Gasteiger partial charge in [-0.1, -0.05) is 18.5 Å². The van der Waals surface area contributed by atoms with Crippen LogP contribution in [-0.2, 0) is 19.9 Å². The smallest absolute Gasteiger partial charge is 0.0850 e. The van der Waals surface area contributed by atoms with Crippen molar-refractivity contribution in [2.24, 2.45) is 36.6 Å². The number of nitrogens with one attached hydrogen (secondary N) is 1. The number of fused-ring (bicyclic) bond motifs is 5. The summed E-state index contributed by atoms with van der Waals surface area (Å²) in [6.45, 7) is 2.12. The highest BCUT2D eigenvalue weighted by molar-refractivity contribution is 6.31. The second-order valence-corrected chi connectivity index (χ2v) is 7.73. The van der Waals surface area contributed by atoms with Gasteiger partial charge in [0.05, 0.1) is 16.4 Å². The normalized spacial score (nSPS) is 37.8. The molecule has 116 valence electrons. The lowest BCUT2D eigenvalue weighted by atomic mass is 9.94. The first-order valence-electron chi connectivity index (χ1n) is 8.53. The van der Waals surface area contributed by atoms with Crippen molar-refractivity contribution in [3.8, 4) is 0 Å². The number of aryl methyl sites for hydroxylation is 2. The summed E-state index contributed by atoms with van der Waals surface area (Å²) < 4.78 is 2.00. The number of halogens is 1. The summed E-state index contributed by atoms with van der Waals surface area (Å²) >= 11 is 6.54. The van der Waals surface area contributed by atoms with Gasteiger partial charge >= 0.3 is 0 Å². The molecule has 4 heteroatoms. The Morgan fingerprint density at radius 1 is 1.33 bits per heavy atom. The van der Waals surface area contributed by atoms with Crippen molar-refractivity contribution in [2.45, 2.75) is 45.1 Å². The van der Waals surface area contributed by atoms with E-state index in [1.54, 1.807) is 0 Å². The maximum absolute atomic E-state index is 6.54. The van der Waals surface area contributed by atoms with Crippen LogP contribution in [0.3, 0.4) is 0 Å². The third-order valence-electron chi connectivity index (χ3n) is 6.55. The van der Waals surface area contributed by atoms with Crippen LogP contribution in [0, 0.1) is 29.6 Å². The largest absolute Gasteiger partial charge is 0.316 e. The molecule has 0 spiro atoms. The molecule has 0 aromatic carbocycles. The van der Waals surface area contributed by atoms with Gasteiger partial charge in [-0.15, -0.1) is 0 Å². The summed E-state index contributed by atoms with van der Waals surface area (Å²) in [5.41, 5.74) is 2.25. The molecule has 5 unspecified atom stereocenters. The fourth-order valence-corrected chi connectivity index (χ4v) is 5.98. The van der Waals surface area contributed by atoms with Crippen LogP contribution in [0.15, 0.2) is 0 Å². The molecule has 0 aliphatic heterocycles. The van der Waals surface area contributed by atoms with Gasteiger partial charge in [0.25, 0.3) is 0 Å². The number of rotatable bonds is 5. The molecule has 0 saturated heterocycles. The summed E-state index contributed by atoms with van der Waals surface area (Å²) in [6, 6.07) is 0.570. The number of hydrogen-bond donors (Lipinski definition) is 1. The predicted octanol–water partition coefficient (Wildman–Crippen LogP) is 3.06. The van der Waals surface area contributed by atoms with Crippen LogP contribution in [0.4, 0.5) is 0 Å². The van der Waals surface area contributed by atoms with Gasteiger partial charge in [-0.3, -0.25) is 4.68 Å². The molecule has 0 radical (unpaired) electrons. The van der Waals surface area contributed by atoms with Crippen LogP contribution in [0.25, 0.3) is 0 Å². The number of likely N-dealkylation sites (N-methyl/N-ethyl adjacent to an activating group) is 1. The molecule has 1 heterocycles. The van der Waals surface area contributed by atoms with Crippen molar-refractivity contribution in [1.82, 2.24) is 15.1 Å². The maximum atomic E-state index is 6.54. The van der Waals surface area contributed by atoms with Gasteiger partial charge in [-0.05, 0) is 62.3 Å². The van der Waals surface area contributed by atoms with Gasteiger partial charge < -0.3 is 5.32 Å². The molecule has 1 N–H and O–H groups in total. The Morgan fingerprint density at radius 2 is 2.00 bits per heavy atom. The van der Waals surface area contributed by atoms with Gasteiger partial charge in [0, 0.05) is 19.5 Å². The maximum Gasteiger partial charge on any atom is 0.0850 e. The quantitative estimate of drug-likeness (QED) is 0.906. The van der Waals surface area contributed by atoms with E-state index in [2.05, 4.69) is 24.4 Å². The van der Waals surface area contributed by atoms with Crippen molar-refractivity contribution < 1.29 is 0 Å². The molecule has 4 rings (SSSR count). The Morgan fingerprint density at radius 3 is 2.52 bits per heavy atom. The second-order valence-electron chi connectivity index (χ2n) is 7.35. The zero-order chi connectivity index (χ0) is 14.7. The summed E-state index contributed by atoms with van der Waals surface area (Å²) in [4.78, 5) is 0. The van der Waals surface area contributed by atoms with Gasteiger partial charge in [0.1, 0.15) is 0 Å². The van der Waals surface area contributed by atoms with Crippen molar-refractivity contribution >= 4 is 11.6 Å². The fraction of sp³-hybridized carbons (Fsp3) is 0.824. The molecule has 21 heavy (non-hydrogen) atoms. The minimum absolute atomic E-state index is 0.570. The van der Waals surface area contributed by atoms with Crippen LogP contribution < -0.4 is 5.32 Å². The van der Waals surface area contributed by atoms with E-state index in [9.17, 15) is 0 Å². The Balaban J connectivity index is 1.52. The van der Waals surface area contributed by atoms with E-state index in [-0.39, 0.29) is 0 Å².